The third-order valence-corrected chi connectivity index (χ3v) is 5.42. The van der Waals surface area contributed by atoms with E-state index >= 15 is 0 Å². The van der Waals surface area contributed by atoms with E-state index in [4.69, 9.17) is 19.9 Å². The molecule has 0 bridgehead atoms. The van der Waals surface area contributed by atoms with Crippen LogP contribution in [0.5, 0.6) is 17.2 Å². The SMILES string of the molecule is COc1cc(/C=C/C(=O)CC(=O)/C=C/c2ccc(O)c(CO)c2)ccc1OCc1cn(CCOCCN)nn1. The van der Waals surface area contributed by atoms with Crippen molar-refractivity contribution in [2.75, 3.05) is 26.9 Å². The summed E-state index contributed by atoms with van der Waals surface area (Å²) in [7, 11) is 1.51. The van der Waals surface area contributed by atoms with Crippen LogP contribution in [0.25, 0.3) is 12.2 Å². The maximum absolute atomic E-state index is 12.3. The molecule has 11 nitrogen and oxygen atoms in total. The van der Waals surface area contributed by atoms with Gasteiger partial charge in [0.1, 0.15) is 18.1 Å². The average Bonchev–Trinajstić information content (AvgIpc) is 3.40. The van der Waals surface area contributed by atoms with Crippen LogP contribution in [-0.4, -0.2) is 63.6 Å². The first-order valence-corrected chi connectivity index (χ1v) is 12.2. The number of carbonyl (C=O) groups excluding carboxylic acids is 2. The van der Waals surface area contributed by atoms with E-state index in [0.717, 1.165) is 0 Å². The molecule has 0 saturated carbocycles. The molecule has 2 aromatic carbocycles. The largest absolute Gasteiger partial charge is 0.508 e. The summed E-state index contributed by atoms with van der Waals surface area (Å²) in [6, 6.07) is 9.80. The normalized spacial score (nSPS) is 11.4. The van der Waals surface area contributed by atoms with Gasteiger partial charge in [0.15, 0.2) is 23.1 Å². The number of aromatic nitrogens is 3. The Morgan fingerprint density at radius 2 is 1.74 bits per heavy atom. The van der Waals surface area contributed by atoms with Crippen molar-refractivity contribution < 1.29 is 34.0 Å². The van der Waals surface area contributed by atoms with Crippen LogP contribution in [0, 0.1) is 0 Å². The summed E-state index contributed by atoms with van der Waals surface area (Å²) in [5.41, 5.74) is 7.71. The Hall–Kier alpha value is -4.32. The summed E-state index contributed by atoms with van der Waals surface area (Å²) in [5, 5.41) is 27.0. The fourth-order valence-corrected chi connectivity index (χ4v) is 3.42. The lowest BCUT2D eigenvalue weighted by atomic mass is 10.1. The molecular formula is C28H32N4O7. The van der Waals surface area contributed by atoms with E-state index in [0.29, 0.717) is 60.2 Å². The van der Waals surface area contributed by atoms with Crippen LogP contribution in [0.2, 0.25) is 0 Å². The van der Waals surface area contributed by atoms with E-state index in [1.165, 1.54) is 31.4 Å². The minimum Gasteiger partial charge on any atom is -0.508 e. The van der Waals surface area contributed by atoms with Crippen molar-refractivity contribution in [2.24, 2.45) is 5.73 Å². The highest BCUT2D eigenvalue weighted by Gasteiger charge is 2.09. The average molecular weight is 537 g/mol. The van der Waals surface area contributed by atoms with E-state index < -0.39 is 0 Å². The van der Waals surface area contributed by atoms with Crippen molar-refractivity contribution in [3.05, 3.63) is 77.1 Å². The number of nitrogens with two attached hydrogens (primary N) is 1. The maximum Gasteiger partial charge on any atom is 0.163 e. The van der Waals surface area contributed by atoms with Crippen molar-refractivity contribution >= 4 is 23.7 Å². The van der Waals surface area contributed by atoms with Gasteiger partial charge in [-0.05, 0) is 47.5 Å². The first kappa shape index (κ1) is 29.2. The topological polar surface area (TPSA) is 159 Å². The molecule has 3 rings (SSSR count). The molecule has 0 saturated heterocycles. The number of aromatic hydroxyl groups is 1. The Bertz CT molecular complexity index is 1320. The summed E-state index contributed by atoms with van der Waals surface area (Å²) in [5.74, 6) is 0.220. The summed E-state index contributed by atoms with van der Waals surface area (Å²) in [6.45, 7) is 1.88. The molecule has 1 heterocycles. The summed E-state index contributed by atoms with van der Waals surface area (Å²) in [6.07, 6.45) is 7.23. The van der Waals surface area contributed by atoms with Gasteiger partial charge in [0.2, 0.25) is 0 Å². The second kappa shape index (κ2) is 15.2. The number of benzene rings is 2. The number of rotatable bonds is 16. The monoisotopic (exact) mass is 536 g/mol. The second-order valence-corrected chi connectivity index (χ2v) is 8.40. The van der Waals surface area contributed by atoms with Gasteiger partial charge >= 0.3 is 0 Å². The zero-order chi connectivity index (χ0) is 28.0. The van der Waals surface area contributed by atoms with Crippen LogP contribution in [0.15, 0.2) is 54.7 Å². The molecule has 0 unspecified atom stereocenters. The quantitative estimate of drug-likeness (QED) is 0.141. The zero-order valence-corrected chi connectivity index (χ0v) is 21.7. The van der Waals surface area contributed by atoms with Gasteiger partial charge in [-0.3, -0.25) is 9.59 Å². The fourth-order valence-electron chi connectivity index (χ4n) is 3.42. The number of ketones is 2. The Morgan fingerprint density at radius 3 is 2.44 bits per heavy atom. The highest BCUT2D eigenvalue weighted by Crippen LogP contribution is 2.29. The van der Waals surface area contributed by atoms with Crippen molar-refractivity contribution in [1.82, 2.24) is 15.0 Å². The lowest BCUT2D eigenvalue weighted by Gasteiger charge is -2.10. The number of phenols is 1. The van der Waals surface area contributed by atoms with E-state index in [2.05, 4.69) is 10.3 Å². The minimum absolute atomic E-state index is 0.0252. The summed E-state index contributed by atoms with van der Waals surface area (Å²) >= 11 is 0. The van der Waals surface area contributed by atoms with Gasteiger partial charge in [-0.25, -0.2) is 4.68 Å². The molecule has 0 spiro atoms. The van der Waals surface area contributed by atoms with Gasteiger partial charge in [-0.1, -0.05) is 29.5 Å². The molecule has 1 aromatic heterocycles. The van der Waals surface area contributed by atoms with Gasteiger partial charge in [0.25, 0.3) is 0 Å². The molecule has 0 fully saturated rings. The van der Waals surface area contributed by atoms with Crippen LogP contribution < -0.4 is 15.2 Å². The maximum atomic E-state index is 12.3. The molecule has 3 aromatic rings. The van der Waals surface area contributed by atoms with Crippen LogP contribution in [0.4, 0.5) is 0 Å². The molecular weight excluding hydrogens is 504 g/mol. The van der Waals surface area contributed by atoms with Crippen LogP contribution >= 0.6 is 0 Å². The van der Waals surface area contributed by atoms with Crippen LogP contribution in [0.1, 0.15) is 28.8 Å². The lowest BCUT2D eigenvalue weighted by Crippen LogP contribution is -2.12. The second-order valence-electron chi connectivity index (χ2n) is 8.40. The van der Waals surface area contributed by atoms with E-state index in [1.807, 2.05) is 0 Å². The molecule has 0 amide bonds. The number of aliphatic hydroxyl groups is 1. The van der Waals surface area contributed by atoms with Crippen LogP contribution in [-0.2, 0) is 34.1 Å². The highest BCUT2D eigenvalue weighted by molar-refractivity contribution is 6.10. The predicted octanol–water partition coefficient (Wildman–Crippen LogP) is 2.29. The smallest absolute Gasteiger partial charge is 0.163 e. The molecule has 206 valence electrons. The Balaban J connectivity index is 1.51. The highest BCUT2D eigenvalue weighted by atomic mass is 16.5. The number of methoxy groups -OCH3 is 1. The van der Waals surface area contributed by atoms with Crippen molar-refractivity contribution in [3.63, 3.8) is 0 Å². The van der Waals surface area contributed by atoms with Crippen molar-refractivity contribution in [2.45, 2.75) is 26.2 Å². The minimum atomic E-state index is -0.371. The molecule has 39 heavy (non-hydrogen) atoms. The fraction of sp³-hybridized carbons (Fsp3) is 0.286. The summed E-state index contributed by atoms with van der Waals surface area (Å²) in [4.78, 5) is 24.4. The third-order valence-electron chi connectivity index (χ3n) is 5.42. The number of ether oxygens (including phenoxy) is 3. The van der Waals surface area contributed by atoms with Crippen molar-refractivity contribution in [1.29, 1.82) is 0 Å². The Labute approximate surface area is 226 Å². The van der Waals surface area contributed by atoms with Gasteiger partial charge in [0.05, 0.1) is 46.1 Å². The number of allylic oxidation sites excluding steroid dienone is 2. The predicted molar refractivity (Wildman–Crippen MR) is 144 cm³/mol. The summed E-state index contributed by atoms with van der Waals surface area (Å²) < 4.78 is 18.2. The molecule has 0 aliphatic heterocycles. The lowest BCUT2D eigenvalue weighted by molar-refractivity contribution is -0.121. The van der Waals surface area contributed by atoms with E-state index in [9.17, 15) is 19.8 Å². The van der Waals surface area contributed by atoms with Gasteiger partial charge in [-0.15, -0.1) is 5.10 Å². The standard InChI is InChI=1S/C28H32N4O7/c1-37-28-15-21(5-9-27(28)39-19-23-17-32(31-30-23)11-13-38-12-10-29)3-7-25(35)16-24(34)6-2-20-4-8-26(36)22(14-20)18-33/h2-9,14-15,17,33,36H,10-13,16,18-19,29H2,1H3/b6-2+,7-3+. The Kier molecular flexibility index (Phi) is 11.4. The van der Waals surface area contributed by atoms with E-state index in [1.54, 1.807) is 47.3 Å². The molecule has 0 aliphatic rings. The molecule has 0 aliphatic carbocycles. The van der Waals surface area contributed by atoms with Crippen molar-refractivity contribution in [3.8, 4) is 17.2 Å². The first-order chi connectivity index (χ1) is 18.9. The number of carbonyl (C=O) groups is 2. The Morgan fingerprint density at radius 1 is 1.03 bits per heavy atom. The number of nitrogens with zero attached hydrogens (tertiary/aromatic N) is 3. The number of hydrogen-bond acceptors (Lipinski definition) is 10. The molecule has 4 N–H and O–H groups in total. The first-order valence-electron chi connectivity index (χ1n) is 12.2. The molecule has 0 atom stereocenters. The number of hydrogen-bond donors (Lipinski definition) is 3. The van der Waals surface area contributed by atoms with Crippen LogP contribution in [0.3, 0.4) is 0 Å². The zero-order valence-electron chi connectivity index (χ0n) is 21.7. The van der Waals surface area contributed by atoms with Gasteiger partial charge in [0, 0.05) is 12.1 Å². The van der Waals surface area contributed by atoms with E-state index in [-0.39, 0.29) is 37.0 Å². The molecule has 0 radical (unpaired) electrons. The number of aliphatic hydroxyl groups excluding tert-OH is 1. The molecule has 11 heteroatoms. The van der Waals surface area contributed by atoms with Gasteiger partial charge in [-0.2, -0.15) is 0 Å². The van der Waals surface area contributed by atoms with Gasteiger partial charge < -0.3 is 30.2 Å². The third kappa shape index (κ3) is 9.49.